The molecule has 10 heavy (non-hydrogen) atoms. The fourth-order valence-electron chi connectivity index (χ4n) is 0.676. The van der Waals surface area contributed by atoms with Gasteiger partial charge in [0.2, 0.25) is 0 Å². The lowest BCUT2D eigenvalue weighted by molar-refractivity contribution is 0.288. The maximum absolute atomic E-state index is 10.7. The zero-order chi connectivity index (χ0) is 7.56. The molecule has 0 saturated carbocycles. The molecule has 1 heterocycles. The van der Waals surface area contributed by atoms with Gasteiger partial charge in [0.15, 0.2) is 5.43 Å². The van der Waals surface area contributed by atoms with Gasteiger partial charge in [-0.1, -0.05) is 0 Å². The van der Waals surface area contributed by atoms with Crippen LogP contribution in [0.3, 0.4) is 0 Å². The molecule has 0 unspecified atom stereocenters. The van der Waals surface area contributed by atoms with Gasteiger partial charge in [-0.2, -0.15) is 0 Å². The molecule has 0 atom stereocenters. The van der Waals surface area contributed by atoms with Crippen LogP contribution >= 0.6 is 0 Å². The molecule has 0 aliphatic heterocycles. The highest BCUT2D eigenvalue weighted by molar-refractivity contribution is 5.09. The van der Waals surface area contributed by atoms with Gasteiger partial charge in [-0.25, -0.2) is 0 Å². The topological polar surface area (TPSA) is 39.4 Å². The van der Waals surface area contributed by atoms with Crippen molar-refractivity contribution in [3.8, 4) is 5.95 Å². The van der Waals surface area contributed by atoms with Gasteiger partial charge < -0.3 is 9.15 Å². The second kappa shape index (κ2) is 2.56. The van der Waals surface area contributed by atoms with Crippen molar-refractivity contribution < 1.29 is 9.15 Å². The summed E-state index contributed by atoms with van der Waals surface area (Å²) in [5.41, 5.74) is -0.0967. The van der Waals surface area contributed by atoms with Crippen LogP contribution in [-0.4, -0.2) is 7.11 Å². The summed E-state index contributed by atoms with van der Waals surface area (Å²) in [6, 6.07) is 2.70. The van der Waals surface area contributed by atoms with Gasteiger partial charge in [0.25, 0.3) is 5.95 Å². The molecule has 0 aliphatic rings. The SMILES string of the molecule is COc1cc(=O)cc(C)o1. The Morgan fingerprint density at radius 1 is 1.50 bits per heavy atom. The first kappa shape index (κ1) is 6.86. The largest absolute Gasteiger partial charge is 0.468 e. The Bertz CT molecular complexity index is 274. The minimum atomic E-state index is -0.0967. The molecule has 3 nitrogen and oxygen atoms in total. The van der Waals surface area contributed by atoms with Crippen LogP contribution in [0.25, 0.3) is 0 Å². The first-order valence-corrected chi connectivity index (χ1v) is 2.88. The number of hydrogen-bond donors (Lipinski definition) is 0. The highest BCUT2D eigenvalue weighted by Gasteiger charge is 1.95. The number of aryl methyl sites for hydroxylation is 1. The molecule has 0 N–H and O–H groups in total. The molecule has 1 aromatic heterocycles. The van der Waals surface area contributed by atoms with Crippen LogP contribution in [0.2, 0.25) is 0 Å². The lowest BCUT2D eigenvalue weighted by atomic mass is 10.4. The fourth-order valence-corrected chi connectivity index (χ4v) is 0.676. The molecule has 0 amide bonds. The lowest BCUT2D eigenvalue weighted by Crippen LogP contribution is -1.98. The van der Waals surface area contributed by atoms with Crippen LogP contribution in [0.4, 0.5) is 0 Å². The molecule has 0 spiro atoms. The molecular formula is C7H8O3. The summed E-state index contributed by atoms with van der Waals surface area (Å²) >= 11 is 0. The Morgan fingerprint density at radius 3 is 2.70 bits per heavy atom. The van der Waals surface area contributed by atoms with E-state index in [2.05, 4.69) is 0 Å². The van der Waals surface area contributed by atoms with Crippen molar-refractivity contribution in [1.82, 2.24) is 0 Å². The van der Waals surface area contributed by atoms with Crippen molar-refractivity contribution in [2.75, 3.05) is 7.11 Å². The summed E-state index contributed by atoms with van der Waals surface area (Å²) in [6.45, 7) is 1.70. The Labute approximate surface area is 58.2 Å². The molecule has 0 bridgehead atoms. The minimum absolute atomic E-state index is 0.0967. The Morgan fingerprint density at radius 2 is 2.20 bits per heavy atom. The predicted octanol–water partition coefficient (Wildman–Crippen LogP) is 0.957. The quantitative estimate of drug-likeness (QED) is 0.583. The molecule has 3 heteroatoms. The first-order valence-electron chi connectivity index (χ1n) is 2.88. The van der Waals surface area contributed by atoms with E-state index in [1.54, 1.807) is 6.92 Å². The van der Waals surface area contributed by atoms with Crippen molar-refractivity contribution >= 4 is 0 Å². The third kappa shape index (κ3) is 1.37. The second-order valence-electron chi connectivity index (χ2n) is 1.93. The summed E-state index contributed by atoms with van der Waals surface area (Å²) in [5.74, 6) is 0.814. The molecule has 0 aliphatic carbocycles. The zero-order valence-corrected chi connectivity index (χ0v) is 5.88. The van der Waals surface area contributed by atoms with Gasteiger partial charge in [-0.15, -0.1) is 0 Å². The van der Waals surface area contributed by atoms with E-state index in [1.807, 2.05) is 0 Å². The summed E-state index contributed by atoms with van der Waals surface area (Å²) < 4.78 is 9.69. The minimum Gasteiger partial charge on any atom is -0.468 e. The van der Waals surface area contributed by atoms with Gasteiger partial charge >= 0.3 is 0 Å². The third-order valence-electron chi connectivity index (χ3n) is 1.07. The van der Waals surface area contributed by atoms with E-state index in [0.717, 1.165) is 0 Å². The van der Waals surface area contributed by atoms with E-state index < -0.39 is 0 Å². The molecule has 0 fully saturated rings. The van der Waals surface area contributed by atoms with Gasteiger partial charge in [-0.05, 0) is 6.92 Å². The highest BCUT2D eigenvalue weighted by Crippen LogP contribution is 2.07. The Hall–Kier alpha value is -1.25. The van der Waals surface area contributed by atoms with Crippen molar-refractivity contribution in [2.24, 2.45) is 0 Å². The summed E-state index contributed by atoms with van der Waals surface area (Å²) in [4.78, 5) is 10.7. The van der Waals surface area contributed by atoms with Crippen molar-refractivity contribution in [2.45, 2.75) is 6.92 Å². The Balaban J connectivity index is 3.19. The van der Waals surface area contributed by atoms with E-state index in [4.69, 9.17) is 9.15 Å². The molecule has 0 aromatic carbocycles. The van der Waals surface area contributed by atoms with Crippen LogP contribution in [0.1, 0.15) is 5.76 Å². The molecule has 1 aromatic rings. The van der Waals surface area contributed by atoms with Crippen molar-refractivity contribution in [3.63, 3.8) is 0 Å². The summed E-state index contributed by atoms with van der Waals surface area (Å²) in [5, 5.41) is 0. The average molecular weight is 140 g/mol. The molecule has 54 valence electrons. The fraction of sp³-hybridized carbons (Fsp3) is 0.286. The molecular weight excluding hydrogens is 132 g/mol. The van der Waals surface area contributed by atoms with Crippen LogP contribution in [0.15, 0.2) is 21.3 Å². The second-order valence-corrected chi connectivity index (χ2v) is 1.93. The van der Waals surface area contributed by atoms with Gasteiger partial charge in [0, 0.05) is 6.07 Å². The van der Waals surface area contributed by atoms with Crippen LogP contribution in [0.5, 0.6) is 5.95 Å². The van der Waals surface area contributed by atoms with E-state index in [0.29, 0.717) is 5.76 Å². The van der Waals surface area contributed by atoms with Crippen molar-refractivity contribution in [1.29, 1.82) is 0 Å². The van der Waals surface area contributed by atoms with Crippen molar-refractivity contribution in [3.05, 3.63) is 28.1 Å². The maximum Gasteiger partial charge on any atom is 0.288 e. The molecule has 1 rings (SSSR count). The molecule has 0 radical (unpaired) electrons. The van der Waals surface area contributed by atoms with Gasteiger partial charge in [0.1, 0.15) is 5.76 Å². The third-order valence-corrected chi connectivity index (χ3v) is 1.07. The zero-order valence-electron chi connectivity index (χ0n) is 5.88. The predicted molar refractivity (Wildman–Crippen MR) is 36.3 cm³/mol. The maximum atomic E-state index is 10.7. The van der Waals surface area contributed by atoms with E-state index in [9.17, 15) is 4.79 Å². The number of methoxy groups -OCH3 is 1. The lowest BCUT2D eigenvalue weighted by Gasteiger charge is -1.96. The smallest absolute Gasteiger partial charge is 0.288 e. The Kier molecular flexibility index (Phi) is 1.76. The first-order chi connectivity index (χ1) is 4.72. The van der Waals surface area contributed by atoms with E-state index >= 15 is 0 Å². The van der Waals surface area contributed by atoms with Gasteiger partial charge in [-0.3, -0.25) is 4.79 Å². The number of ether oxygens (including phenoxy) is 1. The highest BCUT2D eigenvalue weighted by atomic mass is 16.6. The van der Waals surface area contributed by atoms with Crippen LogP contribution < -0.4 is 10.2 Å². The number of hydrogen-bond acceptors (Lipinski definition) is 3. The van der Waals surface area contributed by atoms with Crippen LogP contribution in [-0.2, 0) is 0 Å². The monoisotopic (exact) mass is 140 g/mol. The van der Waals surface area contributed by atoms with Crippen LogP contribution in [0, 0.1) is 6.92 Å². The summed E-state index contributed by atoms with van der Waals surface area (Å²) in [6.07, 6.45) is 0. The standard InChI is InChI=1S/C7H8O3/c1-5-3-6(8)4-7(9-2)10-5/h3-4H,1-2H3. The normalized spacial score (nSPS) is 9.40. The van der Waals surface area contributed by atoms with E-state index in [1.165, 1.54) is 19.2 Å². The van der Waals surface area contributed by atoms with E-state index in [-0.39, 0.29) is 11.4 Å². The van der Waals surface area contributed by atoms with Gasteiger partial charge in [0.05, 0.1) is 13.2 Å². The average Bonchev–Trinajstić information content (AvgIpc) is 1.85. The number of rotatable bonds is 1. The molecule has 0 saturated heterocycles. The summed E-state index contributed by atoms with van der Waals surface area (Å²) in [7, 11) is 1.46.